The standard InChI is InChI=1S/C26H31N3O3S/c1-17(2)25(33-20(5)31)26(32)27-22-16-21(19(4)30)10-11-24(22)29-14-12-28(13-15-29)23-9-7-6-8-18(23)3/h6-11,16,31H,5,12-15H2,1-4H3,(H,27,32). The summed E-state index contributed by atoms with van der Waals surface area (Å²) < 4.78 is 0. The molecule has 0 atom stereocenters. The van der Waals surface area contributed by atoms with E-state index in [1.54, 1.807) is 12.1 Å². The number of para-hydroxylation sites is 1. The zero-order valence-electron chi connectivity index (χ0n) is 19.6. The zero-order valence-corrected chi connectivity index (χ0v) is 20.5. The normalized spacial score (nSPS) is 13.5. The first-order valence-electron chi connectivity index (χ1n) is 10.9. The van der Waals surface area contributed by atoms with Crippen molar-refractivity contribution < 1.29 is 14.7 Å². The minimum Gasteiger partial charge on any atom is -0.502 e. The van der Waals surface area contributed by atoms with Crippen LogP contribution in [-0.4, -0.2) is 43.0 Å². The van der Waals surface area contributed by atoms with Gasteiger partial charge in [-0.25, -0.2) is 0 Å². The number of carbonyl (C=O) groups excluding carboxylic acids is 2. The maximum absolute atomic E-state index is 13.0. The van der Waals surface area contributed by atoms with Crippen LogP contribution in [0.1, 0.15) is 36.7 Å². The summed E-state index contributed by atoms with van der Waals surface area (Å²) in [6.45, 7) is 14.0. The number of aliphatic hydroxyl groups excluding tert-OH is 1. The van der Waals surface area contributed by atoms with E-state index in [1.165, 1.54) is 18.2 Å². The summed E-state index contributed by atoms with van der Waals surface area (Å²) in [7, 11) is 0. The van der Waals surface area contributed by atoms with Gasteiger partial charge in [0.15, 0.2) is 5.78 Å². The number of hydrogen-bond donors (Lipinski definition) is 2. The van der Waals surface area contributed by atoms with Crippen LogP contribution >= 0.6 is 11.8 Å². The van der Waals surface area contributed by atoms with E-state index in [9.17, 15) is 14.7 Å². The number of nitrogens with one attached hydrogen (secondary N) is 1. The van der Waals surface area contributed by atoms with E-state index >= 15 is 0 Å². The van der Waals surface area contributed by atoms with Gasteiger partial charge in [-0.15, -0.1) is 0 Å². The molecule has 0 saturated carbocycles. The second-order valence-corrected chi connectivity index (χ2v) is 9.41. The van der Waals surface area contributed by atoms with Gasteiger partial charge in [0.25, 0.3) is 5.91 Å². The van der Waals surface area contributed by atoms with E-state index in [1.807, 2.05) is 26.0 Å². The molecule has 1 fully saturated rings. The molecule has 1 amide bonds. The van der Waals surface area contributed by atoms with Gasteiger partial charge in [-0.2, -0.15) is 0 Å². The van der Waals surface area contributed by atoms with Crippen molar-refractivity contribution >= 4 is 40.5 Å². The Balaban J connectivity index is 1.85. The van der Waals surface area contributed by atoms with Crippen molar-refractivity contribution in [3.8, 4) is 0 Å². The van der Waals surface area contributed by atoms with E-state index in [0.717, 1.165) is 49.2 Å². The van der Waals surface area contributed by atoms with Crippen LogP contribution in [0, 0.1) is 6.92 Å². The summed E-state index contributed by atoms with van der Waals surface area (Å²) in [5.41, 5.74) is 5.25. The molecule has 1 aliphatic heterocycles. The van der Waals surface area contributed by atoms with Crippen LogP contribution in [-0.2, 0) is 4.79 Å². The largest absolute Gasteiger partial charge is 0.502 e. The highest BCUT2D eigenvalue weighted by Crippen LogP contribution is 2.32. The maximum atomic E-state index is 13.0. The van der Waals surface area contributed by atoms with Gasteiger partial charge in [0.05, 0.1) is 16.3 Å². The van der Waals surface area contributed by atoms with E-state index in [2.05, 4.69) is 46.8 Å². The van der Waals surface area contributed by atoms with Crippen LogP contribution < -0.4 is 15.1 Å². The lowest BCUT2D eigenvalue weighted by molar-refractivity contribution is -0.112. The number of nitrogens with zero attached hydrogens (tertiary/aromatic N) is 2. The number of benzene rings is 2. The Morgan fingerprint density at radius 3 is 2.12 bits per heavy atom. The van der Waals surface area contributed by atoms with Crippen molar-refractivity contribution in [3.05, 3.63) is 75.7 Å². The van der Waals surface area contributed by atoms with Crippen molar-refractivity contribution in [2.45, 2.75) is 27.7 Å². The van der Waals surface area contributed by atoms with Gasteiger partial charge in [-0.1, -0.05) is 23.8 Å². The number of amides is 1. The van der Waals surface area contributed by atoms with Crippen LogP contribution in [0.25, 0.3) is 0 Å². The van der Waals surface area contributed by atoms with Crippen molar-refractivity contribution in [2.75, 3.05) is 41.3 Å². The van der Waals surface area contributed by atoms with Crippen molar-refractivity contribution in [2.24, 2.45) is 0 Å². The molecular formula is C26H31N3O3S. The van der Waals surface area contributed by atoms with Crippen LogP contribution in [0.5, 0.6) is 0 Å². The quantitative estimate of drug-likeness (QED) is 0.319. The molecule has 6 nitrogen and oxygen atoms in total. The number of anilines is 3. The third-order valence-electron chi connectivity index (χ3n) is 5.61. The number of rotatable bonds is 7. The smallest absolute Gasteiger partial charge is 0.262 e. The molecular weight excluding hydrogens is 434 g/mol. The summed E-state index contributed by atoms with van der Waals surface area (Å²) in [4.78, 5) is 30.0. The van der Waals surface area contributed by atoms with Gasteiger partial charge < -0.3 is 20.2 Å². The second-order valence-electron chi connectivity index (χ2n) is 8.33. The molecule has 7 heteroatoms. The molecule has 0 bridgehead atoms. The average Bonchev–Trinajstić information content (AvgIpc) is 2.77. The summed E-state index contributed by atoms with van der Waals surface area (Å²) in [5, 5.41) is 12.4. The third kappa shape index (κ3) is 5.99. The SMILES string of the molecule is C=C(O)SC(C(=O)Nc1cc(C(C)=O)ccc1N1CCN(c2ccccc2C)CC1)=C(C)C. The molecule has 0 spiro atoms. The number of hydrogen-bond acceptors (Lipinski definition) is 6. The van der Waals surface area contributed by atoms with Gasteiger partial charge in [-0.05, 0) is 75.9 Å². The van der Waals surface area contributed by atoms with Gasteiger partial charge in [0.2, 0.25) is 0 Å². The van der Waals surface area contributed by atoms with E-state index < -0.39 is 0 Å². The fourth-order valence-corrected chi connectivity index (χ4v) is 4.49. The number of piperazine rings is 1. The fraction of sp³-hybridized carbons (Fsp3) is 0.308. The Kier molecular flexibility index (Phi) is 7.87. The van der Waals surface area contributed by atoms with Gasteiger partial charge in [0, 0.05) is 37.4 Å². The molecule has 1 heterocycles. The predicted molar refractivity (Wildman–Crippen MR) is 138 cm³/mol. The Labute approximate surface area is 200 Å². The molecule has 0 radical (unpaired) electrons. The number of ketones is 1. The van der Waals surface area contributed by atoms with E-state index in [4.69, 9.17) is 0 Å². The number of aryl methyl sites for hydroxylation is 1. The summed E-state index contributed by atoms with van der Waals surface area (Å²) >= 11 is 0.928. The van der Waals surface area contributed by atoms with Crippen molar-refractivity contribution in [1.82, 2.24) is 0 Å². The highest BCUT2D eigenvalue weighted by atomic mass is 32.2. The molecule has 2 aromatic rings. The van der Waals surface area contributed by atoms with E-state index in [-0.39, 0.29) is 16.8 Å². The predicted octanol–water partition coefficient (Wildman–Crippen LogP) is 5.52. The van der Waals surface area contributed by atoms with Crippen LogP contribution in [0.15, 0.2) is 64.6 Å². The molecule has 0 unspecified atom stereocenters. The Morgan fingerprint density at radius 1 is 0.970 bits per heavy atom. The second kappa shape index (κ2) is 10.6. The van der Waals surface area contributed by atoms with Gasteiger partial charge >= 0.3 is 0 Å². The zero-order chi connectivity index (χ0) is 24.1. The Bertz CT molecular complexity index is 1100. The molecule has 1 saturated heterocycles. The lowest BCUT2D eigenvalue weighted by Crippen LogP contribution is -2.47. The third-order valence-corrected chi connectivity index (χ3v) is 6.64. The molecule has 0 aliphatic carbocycles. The summed E-state index contributed by atoms with van der Waals surface area (Å²) in [6.07, 6.45) is 0. The van der Waals surface area contributed by atoms with Gasteiger partial charge in [0.1, 0.15) is 5.09 Å². The van der Waals surface area contributed by atoms with E-state index in [0.29, 0.717) is 16.2 Å². The fourth-order valence-electron chi connectivity index (χ4n) is 3.91. The first-order valence-corrected chi connectivity index (χ1v) is 11.7. The molecule has 2 aromatic carbocycles. The number of carbonyl (C=O) groups is 2. The number of thioether (sulfide) groups is 1. The van der Waals surface area contributed by atoms with Crippen LogP contribution in [0.4, 0.5) is 17.1 Å². The highest BCUT2D eigenvalue weighted by molar-refractivity contribution is 8.07. The Morgan fingerprint density at radius 2 is 1.58 bits per heavy atom. The lowest BCUT2D eigenvalue weighted by atomic mass is 10.1. The number of aliphatic hydroxyl groups is 1. The van der Waals surface area contributed by atoms with Gasteiger partial charge in [-0.3, -0.25) is 9.59 Å². The molecule has 33 heavy (non-hydrogen) atoms. The number of allylic oxidation sites excluding steroid dienone is 1. The minimum absolute atomic E-state index is 0.0676. The van der Waals surface area contributed by atoms with Crippen LogP contribution in [0.2, 0.25) is 0 Å². The van der Waals surface area contributed by atoms with Crippen LogP contribution in [0.3, 0.4) is 0 Å². The molecule has 3 rings (SSSR count). The first-order chi connectivity index (χ1) is 15.7. The molecule has 0 aromatic heterocycles. The Hall–Kier alpha value is -3.19. The lowest BCUT2D eigenvalue weighted by Gasteiger charge is -2.38. The summed E-state index contributed by atoms with van der Waals surface area (Å²) in [6, 6.07) is 13.8. The highest BCUT2D eigenvalue weighted by Gasteiger charge is 2.23. The maximum Gasteiger partial charge on any atom is 0.262 e. The number of Topliss-reactive ketones (excluding diaryl/α,β-unsaturated/α-hetero) is 1. The average molecular weight is 466 g/mol. The minimum atomic E-state index is -0.337. The molecule has 1 aliphatic rings. The molecule has 174 valence electrons. The van der Waals surface area contributed by atoms with Crippen molar-refractivity contribution in [1.29, 1.82) is 0 Å². The monoisotopic (exact) mass is 465 g/mol. The summed E-state index contributed by atoms with van der Waals surface area (Å²) in [5.74, 6) is -0.405. The first kappa shape index (κ1) is 24.5. The topological polar surface area (TPSA) is 72.9 Å². The molecule has 2 N–H and O–H groups in total. The van der Waals surface area contributed by atoms with Crippen molar-refractivity contribution in [3.63, 3.8) is 0 Å².